The molecule has 0 aromatic rings. The number of carbonyl (C=O) groups excluding carboxylic acids is 2. The minimum Gasteiger partial charge on any atom is -0.464 e. The van der Waals surface area contributed by atoms with E-state index in [1.165, 1.54) is 0 Å². The van der Waals surface area contributed by atoms with Crippen molar-refractivity contribution in [2.75, 3.05) is 33.8 Å². The van der Waals surface area contributed by atoms with E-state index >= 15 is 0 Å². The molecule has 0 radical (unpaired) electrons. The second-order valence-electron chi connectivity index (χ2n) is 4.80. The Morgan fingerprint density at radius 3 is 2.82 bits per heavy atom. The summed E-state index contributed by atoms with van der Waals surface area (Å²) in [6, 6.07) is -0.473. The Hall–Kier alpha value is -1.14. The van der Waals surface area contributed by atoms with Gasteiger partial charge in [-0.2, -0.15) is 0 Å². The number of nitrogens with one attached hydrogen (secondary N) is 2. The molecular weight excluding hydrogens is 222 g/mol. The third-order valence-corrected chi connectivity index (χ3v) is 3.61. The molecule has 2 aliphatic heterocycles. The zero-order valence-electron chi connectivity index (χ0n) is 10.3. The predicted octanol–water partition coefficient (Wildman–Crippen LogP) is -1.29. The lowest BCUT2D eigenvalue weighted by molar-refractivity contribution is -0.142. The summed E-state index contributed by atoms with van der Waals surface area (Å²) < 4.78 is 4.83. The maximum atomic E-state index is 12.2. The van der Waals surface area contributed by atoms with Crippen molar-refractivity contribution in [1.29, 1.82) is 0 Å². The summed E-state index contributed by atoms with van der Waals surface area (Å²) in [6.07, 6.45) is 1.33. The predicted molar refractivity (Wildman–Crippen MR) is 61.4 cm³/mol. The molecule has 0 aliphatic carbocycles. The van der Waals surface area contributed by atoms with E-state index in [-0.39, 0.29) is 11.9 Å². The Morgan fingerprint density at radius 1 is 1.59 bits per heavy atom. The Labute approximate surface area is 101 Å². The molecule has 2 rings (SSSR count). The standard InChI is InChI=1S/C11H19N3O3/c1-12-11(4-5-14(2)7-11)10(16)13-8-3-6-17-9(8)15/h8,12H,3-7H2,1-2H3,(H,13,16). The number of hydrogen-bond donors (Lipinski definition) is 2. The lowest BCUT2D eigenvalue weighted by atomic mass is 9.97. The third kappa shape index (κ3) is 2.28. The first-order valence-corrected chi connectivity index (χ1v) is 5.92. The highest BCUT2D eigenvalue weighted by atomic mass is 16.5. The maximum Gasteiger partial charge on any atom is 0.328 e. The van der Waals surface area contributed by atoms with E-state index in [1.54, 1.807) is 7.05 Å². The quantitative estimate of drug-likeness (QED) is 0.602. The van der Waals surface area contributed by atoms with Crippen LogP contribution >= 0.6 is 0 Å². The first kappa shape index (κ1) is 12.3. The molecule has 0 bridgehead atoms. The summed E-state index contributed by atoms with van der Waals surface area (Å²) in [6.45, 7) is 1.94. The molecule has 6 heteroatoms. The van der Waals surface area contributed by atoms with Gasteiger partial charge >= 0.3 is 5.97 Å². The van der Waals surface area contributed by atoms with Crippen molar-refractivity contribution >= 4 is 11.9 Å². The fraction of sp³-hybridized carbons (Fsp3) is 0.818. The van der Waals surface area contributed by atoms with Crippen LogP contribution in [0.5, 0.6) is 0 Å². The van der Waals surface area contributed by atoms with Crippen LogP contribution in [0.25, 0.3) is 0 Å². The molecule has 2 saturated heterocycles. The van der Waals surface area contributed by atoms with Gasteiger partial charge < -0.3 is 20.3 Å². The second kappa shape index (κ2) is 4.62. The van der Waals surface area contributed by atoms with Crippen LogP contribution in [0.2, 0.25) is 0 Å². The molecule has 6 nitrogen and oxygen atoms in total. The third-order valence-electron chi connectivity index (χ3n) is 3.61. The van der Waals surface area contributed by atoms with Gasteiger partial charge in [0.15, 0.2) is 0 Å². The van der Waals surface area contributed by atoms with Crippen molar-refractivity contribution in [1.82, 2.24) is 15.5 Å². The minimum absolute atomic E-state index is 0.104. The highest BCUT2D eigenvalue weighted by Crippen LogP contribution is 2.20. The van der Waals surface area contributed by atoms with Crippen LogP contribution in [-0.4, -0.2) is 62.1 Å². The molecule has 0 aromatic carbocycles. The molecule has 0 saturated carbocycles. The molecule has 17 heavy (non-hydrogen) atoms. The summed E-state index contributed by atoms with van der Waals surface area (Å²) in [5, 5.41) is 5.87. The molecule has 2 N–H and O–H groups in total. The van der Waals surface area contributed by atoms with E-state index in [2.05, 4.69) is 15.5 Å². The first-order valence-electron chi connectivity index (χ1n) is 5.92. The Kier molecular flexibility index (Phi) is 3.35. The van der Waals surface area contributed by atoms with Gasteiger partial charge in [-0.15, -0.1) is 0 Å². The number of hydrogen-bond acceptors (Lipinski definition) is 5. The molecule has 96 valence electrons. The lowest BCUT2D eigenvalue weighted by Crippen LogP contribution is -2.59. The molecule has 0 spiro atoms. The number of ether oxygens (including phenoxy) is 1. The largest absolute Gasteiger partial charge is 0.464 e. The zero-order chi connectivity index (χ0) is 12.5. The van der Waals surface area contributed by atoms with Gasteiger partial charge in [0.05, 0.1) is 6.61 Å². The monoisotopic (exact) mass is 241 g/mol. The van der Waals surface area contributed by atoms with Gasteiger partial charge in [0.1, 0.15) is 11.6 Å². The summed E-state index contributed by atoms with van der Waals surface area (Å²) in [5.74, 6) is -0.427. The number of cyclic esters (lactones) is 1. The molecule has 2 fully saturated rings. The van der Waals surface area contributed by atoms with Gasteiger partial charge in [0, 0.05) is 19.5 Å². The van der Waals surface area contributed by atoms with Crippen LogP contribution in [0.1, 0.15) is 12.8 Å². The normalized spacial score (nSPS) is 33.8. The van der Waals surface area contributed by atoms with Crippen molar-refractivity contribution < 1.29 is 14.3 Å². The first-order chi connectivity index (χ1) is 8.07. The number of rotatable bonds is 3. The van der Waals surface area contributed by atoms with E-state index < -0.39 is 11.6 Å². The molecule has 1 amide bonds. The number of esters is 1. The molecule has 2 heterocycles. The summed E-state index contributed by atoms with van der Waals surface area (Å²) in [4.78, 5) is 25.7. The maximum absolute atomic E-state index is 12.2. The molecular formula is C11H19N3O3. The van der Waals surface area contributed by atoms with Crippen molar-refractivity contribution in [2.45, 2.75) is 24.4 Å². The smallest absolute Gasteiger partial charge is 0.328 e. The molecule has 2 aliphatic rings. The SMILES string of the molecule is CNC1(C(=O)NC2CCOC2=O)CCN(C)C1. The average Bonchev–Trinajstić information content (AvgIpc) is 2.87. The van der Waals surface area contributed by atoms with Crippen LogP contribution in [0, 0.1) is 0 Å². The number of likely N-dealkylation sites (N-methyl/N-ethyl adjacent to an activating group) is 2. The van der Waals surface area contributed by atoms with Crippen molar-refractivity contribution in [3.63, 3.8) is 0 Å². The Morgan fingerprint density at radius 2 is 2.35 bits per heavy atom. The fourth-order valence-electron chi connectivity index (χ4n) is 2.43. The topological polar surface area (TPSA) is 70.7 Å². The number of likely N-dealkylation sites (tertiary alicyclic amines) is 1. The average molecular weight is 241 g/mol. The Balaban J connectivity index is 2.00. The van der Waals surface area contributed by atoms with Crippen LogP contribution in [0.15, 0.2) is 0 Å². The summed E-state index contributed by atoms with van der Waals surface area (Å²) >= 11 is 0. The van der Waals surface area contributed by atoms with E-state index in [1.807, 2.05) is 7.05 Å². The Bertz CT molecular complexity index is 334. The van der Waals surface area contributed by atoms with Gasteiger partial charge in [0.25, 0.3) is 0 Å². The van der Waals surface area contributed by atoms with Crippen molar-refractivity contribution in [3.05, 3.63) is 0 Å². The molecule has 2 atom stereocenters. The van der Waals surface area contributed by atoms with Crippen LogP contribution in [0.3, 0.4) is 0 Å². The fourth-order valence-corrected chi connectivity index (χ4v) is 2.43. The lowest BCUT2D eigenvalue weighted by Gasteiger charge is -2.28. The summed E-state index contributed by atoms with van der Waals surface area (Å²) in [7, 11) is 3.77. The number of nitrogens with zero attached hydrogens (tertiary/aromatic N) is 1. The second-order valence-corrected chi connectivity index (χ2v) is 4.80. The van der Waals surface area contributed by atoms with Crippen LogP contribution in [0.4, 0.5) is 0 Å². The van der Waals surface area contributed by atoms with E-state index in [0.717, 1.165) is 13.0 Å². The highest BCUT2D eigenvalue weighted by Gasteiger charge is 2.44. The van der Waals surface area contributed by atoms with Crippen molar-refractivity contribution in [2.24, 2.45) is 0 Å². The summed E-state index contributed by atoms with van der Waals surface area (Å²) in [5.41, 5.74) is -0.572. The van der Waals surface area contributed by atoms with E-state index in [0.29, 0.717) is 19.6 Å². The van der Waals surface area contributed by atoms with Gasteiger partial charge in [-0.1, -0.05) is 0 Å². The van der Waals surface area contributed by atoms with Crippen LogP contribution < -0.4 is 10.6 Å². The van der Waals surface area contributed by atoms with Crippen molar-refractivity contribution in [3.8, 4) is 0 Å². The number of carbonyl (C=O) groups is 2. The van der Waals surface area contributed by atoms with Gasteiger partial charge in [-0.25, -0.2) is 4.79 Å². The minimum atomic E-state index is -0.572. The molecule has 2 unspecified atom stereocenters. The van der Waals surface area contributed by atoms with E-state index in [9.17, 15) is 9.59 Å². The van der Waals surface area contributed by atoms with Crippen LogP contribution in [-0.2, 0) is 14.3 Å². The zero-order valence-corrected chi connectivity index (χ0v) is 10.3. The van der Waals surface area contributed by atoms with Gasteiger partial charge in [-0.3, -0.25) is 4.79 Å². The molecule has 0 aromatic heterocycles. The van der Waals surface area contributed by atoms with Gasteiger partial charge in [-0.05, 0) is 20.5 Å². The number of amides is 1. The highest BCUT2D eigenvalue weighted by molar-refractivity contribution is 5.91. The van der Waals surface area contributed by atoms with Gasteiger partial charge in [0.2, 0.25) is 5.91 Å². The van der Waals surface area contributed by atoms with E-state index in [4.69, 9.17) is 4.74 Å².